The lowest BCUT2D eigenvalue weighted by Gasteiger charge is -2.29. The van der Waals surface area contributed by atoms with E-state index in [1.165, 1.54) is 19.3 Å². The van der Waals surface area contributed by atoms with Gasteiger partial charge in [0.2, 0.25) is 0 Å². The van der Waals surface area contributed by atoms with E-state index in [1.807, 2.05) is 13.8 Å². The summed E-state index contributed by atoms with van der Waals surface area (Å²) in [4.78, 5) is 11.9. The topological polar surface area (TPSA) is 52.3 Å². The quantitative estimate of drug-likeness (QED) is 0.753. The minimum atomic E-state index is -0.456. The van der Waals surface area contributed by atoms with E-state index < -0.39 is 6.04 Å². The van der Waals surface area contributed by atoms with Gasteiger partial charge in [0.1, 0.15) is 12.1 Å². The number of hydrogen-bond donors (Lipinski definition) is 1. The van der Waals surface area contributed by atoms with Crippen LogP contribution in [0, 0.1) is 11.8 Å². The Morgan fingerprint density at radius 1 is 1.41 bits per heavy atom. The summed E-state index contributed by atoms with van der Waals surface area (Å²) in [6.07, 6.45) is 6.70. The van der Waals surface area contributed by atoms with Crippen molar-refractivity contribution in [2.45, 2.75) is 71.4 Å². The fraction of sp³-hybridized carbons (Fsp3) is 0.929. The second-order valence-electron chi connectivity index (χ2n) is 5.41. The molecule has 1 aliphatic rings. The molecule has 0 radical (unpaired) electrons. The molecule has 0 amide bonds. The van der Waals surface area contributed by atoms with E-state index in [0.717, 1.165) is 25.2 Å². The number of esters is 1. The molecule has 0 heterocycles. The van der Waals surface area contributed by atoms with E-state index in [0.29, 0.717) is 0 Å². The van der Waals surface area contributed by atoms with Crippen LogP contribution in [0.15, 0.2) is 0 Å². The molecule has 0 aromatic carbocycles. The molecule has 3 heteroatoms. The highest BCUT2D eigenvalue weighted by Gasteiger charge is 2.27. The molecule has 17 heavy (non-hydrogen) atoms. The molecule has 0 aliphatic heterocycles. The number of carbonyl (C=O) groups is 1. The van der Waals surface area contributed by atoms with Crippen LogP contribution < -0.4 is 5.73 Å². The first-order valence-corrected chi connectivity index (χ1v) is 7.04. The van der Waals surface area contributed by atoms with E-state index in [4.69, 9.17) is 10.5 Å². The molecule has 0 aromatic heterocycles. The Hall–Kier alpha value is -0.570. The number of hydrogen-bond acceptors (Lipinski definition) is 3. The third-order valence-electron chi connectivity index (χ3n) is 4.12. The Morgan fingerprint density at radius 2 is 2.12 bits per heavy atom. The van der Waals surface area contributed by atoms with E-state index >= 15 is 0 Å². The zero-order valence-corrected chi connectivity index (χ0v) is 11.4. The van der Waals surface area contributed by atoms with Crippen LogP contribution in [-0.2, 0) is 9.53 Å². The Kier molecular flexibility index (Phi) is 5.96. The van der Waals surface area contributed by atoms with Gasteiger partial charge in [0.05, 0.1) is 0 Å². The lowest BCUT2D eigenvalue weighted by molar-refractivity contribution is -0.154. The maximum absolute atomic E-state index is 11.9. The largest absolute Gasteiger partial charge is 0.461 e. The summed E-state index contributed by atoms with van der Waals surface area (Å²) >= 11 is 0. The fourth-order valence-electron chi connectivity index (χ4n) is 2.45. The van der Waals surface area contributed by atoms with Gasteiger partial charge in [0.15, 0.2) is 0 Å². The minimum absolute atomic E-state index is 0.108. The predicted molar refractivity (Wildman–Crippen MR) is 69.6 cm³/mol. The Labute approximate surface area is 105 Å². The van der Waals surface area contributed by atoms with Crippen molar-refractivity contribution in [3.63, 3.8) is 0 Å². The second kappa shape index (κ2) is 7.00. The Morgan fingerprint density at radius 3 is 2.71 bits per heavy atom. The van der Waals surface area contributed by atoms with Crippen LogP contribution in [0.1, 0.15) is 59.3 Å². The van der Waals surface area contributed by atoms with Crippen LogP contribution in [0.3, 0.4) is 0 Å². The summed E-state index contributed by atoms with van der Waals surface area (Å²) in [5.74, 6) is 0.718. The van der Waals surface area contributed by atoms with Crippen LogP contribution in [-0.4, -0.2) is 18.1 Å². The summed E-state index contributed by atoms with van der Waals surface area (Å²) < 4.78 is 5.54. The fourth-order valence-corrected chi connectivity index (χ4v) is 2.45. The van der Waals surface area contributed by atoms with Gasteiger partial charge < -0.3 is 10.5 Å². The third kappa shape index (κ3) is 4.30. The van der Waals surface area contributed by atoms with Gasteiger partial charge >= 0.3 is 5.97 Å². The molecule has 1 fully saturated rings. The molecule has 1 aliphatic carbocycles. The molecular weight excluding hydrogens is 214 g/mol. The smallest absolute Gasteiger partial charge is 0.323 e. The van der Waals surface area contributed by atoms with E-state index in [2.05, 4.69) is 6.92 Å². The summed E-state index contributed by atoms with van der Waals surface area (Å²) in [5, 5.41) is 0. The van der Waals surface area contributed by atoms with Gasteiger partial charge in [-0.15, -0.1) is 0 Å². The van der Waals surface area contributed by atoms with Crippen molar-refractivity contribution >= 4 is 5.97 Å². The summed E-state index contributed by atoms with van der Waals surface area (Å²) in [6, 6.07) is -0.456. The van der Waals surface area contributed by atoms with E-state index in [9.17, 15) is 4.79 Å². The van der Waals surface area contributed by atoms with Crippen molar-refractivity contribution in [2.75, 3.05) is 0 Å². The standard InChI is InChI=1S/C14H27NO2/c1-4-10(3)13(15)14(16)17-12-8-6-7-11(5-2)9-12/h10-13H,4-9,15H2,1-3H3/t10-,11?,12?,13-/m0/s1. The molecule has 4 atom stereocenters. The maximum Gasteiger partial charge on any atom is 0.323 e. The zero-order valence-electron chi connectivity index (χ0n) is 11.4. The lowest BCUT2D eigenvalue weighted by Crippen LogP contribution is -2.40. The molecule has 2 N–H and O–H groups in total. The molecule has 2 unspecified atom stereocenters. The zero-order chi connectivity index (χ0) is 12.8. The number of carbonyl (C=O) groups excluding carboxylic acids is 1. The number of nitrogens with two attached hydrogens (primary N) is 1. The van der Waals surface area contributed by atoms with Gasteiger partial charge in [-0.2, -0.15) is 0 Å². The summed E-state index contributed by atoms with van der Waals surface area (Å²) in [5.41, 5.74) is 5.88. The molecule has 0 aromatic rings. The van der Waals surface area contributed by atoms with E-state index in [1.54, 1.807) is 0 Å². The first-order chi connectivity index (χ1) is 8.08. The maximum atomic E-state index is 11.9. The molecule has 3 nitrogen and oxygen atoms in total. The predicted octanol–water partition coefficient (Wildman–Crippen LogP) is 2.87. The van der Waals surface area contributed by atoms with Gasteiger partial charge in [0.25, 0.3) is 0 Å². The normalized spacial score (nSPS) is 28.5. The van der Waals surface area contributed by atoms with Crippen molar-refractivity contribution in [2.24, 2.45) is 17.6 Å². The Bertz CT molecular complexity index is 242. The number of rotatable bonds is 5. The van der Waals surface area contributed by atoms with Crippen LogP contribution in [0.2, 0.25) is 0 Å². The first kappa shape index (κ1) is 14.5. The third-order valence-corrected chi connectivity index (χ3v) is 4.12. The average molecular weight is 241 g/mol. The van der Waals surface area contributed by atoms with Gasteiger partial charge in [-0.1, -0.05) is 40.0 Å². The highest BCUT2D eigenvalue weighted by Crippen LogP contribution is 2.28. The Balaban J connectivity index is 2.40. The van der Waals surface area contributed by atoms with Gasteiger partial charge in [-0.25, -0.2) is 0 Å². The van der Waals surface area contributed by atoms with Crippen LogP contribution >= 0.6 is 0 Å². The average Bonchev–Trinajstić information content (AvgIpc) is 2.37. The van der Waals surface area contributed by atoms with Crippen LogP contribution in [0.4, 0.5) is 0 Å². The molecule has 0 saturated heterocycles. The van der Waals surface area contributed by atoms with Gasteiger partial charge in [-0.05, 0) is 31.1 Å². The summed E-state index contributed by atoms with van der Waals surface area (Å²) in [6.45, 7) is 6.26. The molecule has 100 valence electrons. The summed E-state index contributed by atoms with van der Waals surface area (Å²) in [7, 11) is 0. The number of ether oxygens (including phenoxy) is 1. The van der Waals surface area contributed by atoms with Crippen LogP contribution in [0.5, 0.6) is 0 Å². The second-order valence-corrected chi connectivity index (χ2v) is 5.41. The van der Waals surface area contributed by atoms with Crippen molar-refractivity contribution in [3.8, 4) is 0 Å². The van der Waals surface area contributed by atoms with E-state index in [-0.39, 0.29) is 18.0 Å². The van der Waals surface area contributed by atoms with Gasteiger partial charge in [-0.3, -0.25) is 4.79 Å². The molecule has 0 spiro atoms. The molecule has 1 rings (SSSR count). The lowest BCUT2D eigenvalue weighted by atomic mass is 9.85. The molecular formula is C14H27NO2. The monoisotopic (exact) mass is 241 g/mol. The van der Waals surface area contributed by atoms with Crippen molar-refractivity contribution < 1.29 is 9.53 Å². The van der Waals surface area contributed by atoms with Crippen molar-refractivity contribution in [1.29, 1.82) is 0 Å². The van der Waals surface area contributed by atoms with Crippen molar-refractivity contribution in [3.05, 3.63) is 0 Å². The molecule has 0 bridgehead atoms. The highest BCUT2D eigenvalue weighted by atomic mass is 16.5. The first-order valence-electron chi connectivity index (χ1n) is 7.04. The molecule has 1 saturated carbocycles. The van der Waals surface area contributed by atoms with Crippen LogP contribution in [0.25, 0.3) is 0 Å². The van der Waals surface area contributed by atoms with Gasteiger partial charge in [0, 0.05) is 0 Å². The van der Waals surface area contributed by atoms with Crippen molar-refractivity contribution in [1.82, 2.24) is 0 Å². The minimum Gasteiger partial charge on any atom is -0.461 e. The SMILES string of the molecule is CCC1CCCC(OC(=O)[C@@H](N)[C@@H](C)CC)C1. The highest BCUT2D eigenvalue weighted by molar-refractivity contribution is 5.76.